The van der Waals surface area contributed by atoms with Gasteiger partial charge in [-0.25, -0.2) is 14.5 Å². The number of hydrogen-bond donors (Lipinski definition) is 2. The fourth-order valence-electron chi connectivity index (χ4n) is 1.93. The lowest BCUT2D eigenvalue weighted by Gasteiger charge is -2.21. The Bertz CT molecular complexity index is 474. The number of carbonyl (C=O) groups excluding carboxylic acids is 2. The highest BCUT2D eigenvalue weighted by Gasteiger charge is 2.29. The molecule has 0 spiro atoms. The fraction of sp³-hybridized carbons (Fsp3) is 0.636. The van der Waals surface area contributed by atoms with Gasteiger partial charge in [0, 0.05) is 6.42 Å². The van der Waals surface area contributed by atoms with Crippen molar-refractivity contribution in [3.05, 3.63) is 12.2 Å². The van der Waals surface area contributed by atoms with Crippen LogP contribution in [0.3, 0.4) is 0 Å². The van der Waals surface area contributed by atoms with Gasteiger partial charge in [-0.2, -0.15) is 5.10 Å². The molecule has 18 heavy (non-hydrogen) atoms. The van der Waals surface area contributed by atoms with E-state index in [2.05, 4.69) is 20.7 Å². The normalized spacial score (nSPS) is 19.8. The number of rotatable bonds is 3. The molecule has 1 saturated heterocycles. The van der Waals surface area contributed by atoms with Gasteiger partial charge >= 0.3 is 6.03 Å². The number of amides is 3. The van der Waals surface area contributed by atoms with Crippen molar-refractivity contribution in [2.75, 3.05) is 0 Å². The van der Waals surface area contributed by atoms with Crippen molar-refractivity contribution in [3.8, 4) is 0 Å². The molecule has 0 aliphatic carbocycles. The summed E-state index contributed by atoms with van der Waals surface area (Å²) in [5.74, 6) is 0.540. The minimum absolute atomic E-state index is 0.146. The lowest BCUT2D eigenvalue weighted by Crippen LogP contribution is -2.31. The van der Waals surface area contributed by atoms with Gasteiger partial charge in [-0.05, 0) is 27.2 Å². The molecule has 1 aliphatic rings. The summed E-state index contributed by atoms with van der Waals surface area (Å²) in [5.41, 5.74) is -0.146. The highest BCUT2D eigenvalue weighted by Crippen LogP contribution is 2.15. The van der Waals surface area contributed by atoms with Crippen molar-refractivity contribution < 1.29 is 9.59 Å². The lowest BCUT2D eigenvalue weighted by atomic mass is 10.1. The molecule has 1 aromatic heterocycles. The molecule has 7 heteroatoms. The van der Waals surface area contributed by atoms with Crippen LogP contribution in [0.1, 0.15) is 33.0 Å². The molecule has 1 fully saturated rings. The second-order valence-corrected chi connectivity index (χ2v) is 5.31. The van der Waals surface area contributed by atoms with Gasteiger partial charge in [0.05, 0.1) is 5.54 Å². The van der Waals surface area contributed by atoms with Gasteiger partial charge < -0.3 is 5.32 Å². The van der Waals surface area contributed by atoms with Crippen LogP contribution in [0.2, 0.25) is 0 Å². The molecule has 1 aromatic rings. The van der Waals surface area contributed by atoms with Gasteiger partial charge in [0.25, 0.3) is 5.91 Å². The van der Waals surface area contributed by atoms with Crippen molar-refractivity contribution in [1.82, 2.24) is 25.4 Å². The zero-order chi connectivity index (χ0) is 13.3. The van der Waals surface area contributed by atoms with Crippen LogP contribution in [0.25, 0.3) is 0 Å². The Labute approximate surface area is 105 Å². The van der Waals surface area contributed by atoms with Crippen LogP contribution in [0.5, 0.6) is 0 Å². The van der Waals surface area contributed by atoms with Crippen molar-refractivity contribution in [3.63, 3.8) is 0 Å². The predicted molar refractivity (Wildman–Crippen MR) is 63.8 cm³/mol. The minimum Gasteiger partial charge on any atom is -0.326 e. The number of nitrogens with zero attached hydrogens (tertiary/aromatic N) is 3. The number of urea groups is 1. The summed E-state index contributed by atoms with van der Waals surface area (Å²) >= 11 is 0. The van der Waals surface area contributed by atoms with Crippen LogP contribution in [0.4, 0.5) is 4.79 Å². The average Bonchev–Trinajstić information content (AvgIpc) is 2.81. The van der Waals surface area contributed by atoms with E-state index in [1.54, 1.807) is 0 Å². The van der Waals surface area contributed by atoms with E-state index >= 15 is 0 Å². The minimum atomic E-state index is -0.470. The van der Waals surface area contributed by atoms with Crippen LogP contribution < -0.4 is 10.6 Å². The van der Waals surface area contributed by atoms with E-state index in [1.165, 1.54) is 6.33 Å². The van der Waals surface area contributed by atoms with E-state index in [0.29, 0.717) is 12.8 Å². The summed E-state index contributed by atoms with van der Waals surface area (Å²) in [6.45, 7) is 6.11. The molecule has 0 bridgehead atoms. The molecular formula is C11H17N5O2. The molecule has 2 rings (SSSR count). The first kappa shape index (κ1) is 12.5. The number of aromatic nitrogens is 3. The molecule has 0 radical (unpaired) electrons. The van der Waals surface area contributed by atoms with Gasteiger partial charge in [-0.3, -0.25) is 10.1 Å². The molecule has 1 aliphatic heterocycles. The number of imide groups is 1. The molecule has 0 saturated carbocycles. The van der Waals surface area contributed by atoms with Crippen LogP contribution in [0.15, 0.2) is 6.33 Å². The van der Waals surface area contributed by atoms with E-state index in [4.69, 9.17) is 0 Å². The van der Waals surface area contributed by atoms with Gasteiger partial charge in [0.2, 0.25) is 0 Å². The average molecular weight is 251 g/mol. The van der Waals surface area contributed by atoms with Crippen LogP contribution in [-0.4, -0.2) is 32.7 Å². The second-order valence-electron chi connectivity index (χ2n) is 5.31. The molecule has 3 amide bonds. The standard InChI is InChI=1S/C11H17N5O2/c1-11(2,3)16-8(12-6-13-16)5-4-7-9(17)15-10(18)14-7/h6-7H,4-5H2,1-3H3,(H2,14,15,17,18)/t7-/m0/s1. The fourth-order valence-corrected chi connectivity index (χ4v) is 1.93. The van der Waals surface area contributed by atoms with E-state index in [-0.39, 0.29) is 11.4 Å². The topological polar surface area (TPSA) is 88.9 Å². The van der Waals surface area contributed by atoms with Crippen molar-refractivity contribution in [2.24, 2.45) is 0 Å². The molecule has 0 aromatic carbocycles. The first-order valence-electron chi connectivity index (χ1n) is 5.88. The molecule has 98 valence electrons. The van der Waals surface area contributed by atoms with Gasteiger partial charge in [-0.1, -0.05) is 0 Å². The van der Waals surface area contributed by atoms with Gasteiger partial charge in [-0.15, -0.1) is 0 Å². The van der Waals surface area contributed by atoms with E-state index in [0.717, 1.165) is 5.82 Å². The zero-order valence-electron chi connectivity index (χ0n) is 10.7. The Kier molecular flexibility index (Phi) is 3.06. The number of hydrogen-bond acceptors (Lipinski definition) is 4. The SMILES string of the molecule is CC(C)(C)n1ncnc1CC[C@@H]1NC(=O)NC1=O. The molecule has 2 N–H and O–H groups in total. The molecule has 1 atom stereocenters. The Balaban J connectivity index is 2.01. The Morgan fingerprint density at radius 3 is 2.67 bits per heavy atom. The van der Waals surface area contributed by atoms with Crippen molar-refractivity contribution in [2.45, 2.75) is 45.2 Å². The summed E-state index contributed by atoms with van der Waals surface area (Å²) < 4.78 is 1.83. The van der Waals surface area contributed by atoms with Crippen LogP contribution in [-0.2, 0) is 16.8 Å². The monoisotopic (exact) mass is 251 g/mol. The third kappa shape index (κ3) is 2.49. The predicted octanol–water partition coefficient (Wildman–Crippen LogP) is 0.174. The summed E-state index contributed by atoms with van der Waals surface area (Å²) in [4.78, 5) is 26.6. The second kappa shape index (κ2) is 4.40. The maximum atomic E-state index is 11.4. The third-order valence-electron chi connectivity index (χ3n) is 2.77. The van der Waals surface area contributed by atoms with Crippen LogP contribution in [0, 0.1) is 0 Å². The Hall–Kier alpha value is -1.92. The van der Waals surface area contributed by atoms with E-state index in [1.807, 2.05) is 25.5 Å². The summed E-state index contributed by atoms with van der Waals surface area (Å²) in [7, 11) is 0. The van der Waals surface area contributed by atoms with E-state index < -0.39 is 12.1 Å². The van der Waals surface area contributed by atoms with Crippen molar-refractivity contribution >= 4 is 11.9 Å². The first-order valence-corrected chi connectivity index (χ1v) is 5.88. The Morgan fingerprint density at radius 2 is 2.11 bits per heavy atom. The number of carbonyl (C=O) groups is 2. The highest BCUT2D eigenvalue weighted by molar-refractivity contribution is 6.04. The molecular weight excluding hydrogens is 234 g/mol. The largest absolute Gasteiger partial charge is 0.326 e. The quantitative estimate of drug-likeness (QED) is 0.750. The summed E-state index contributed by atoms with van der Waals surface area (Å²) in [6, 6.07) is -0.898. The summed E-state index contributed by atoms with van der Waals surface area (Å²) in [5, 5.41) is 8.96. The molecule has 2 heterocycles. The van der Waals surface area contributed by atoms with Crippen LogP contribution >= 0.6 is 0 Å². The highest BCUT2D eigenvalue weighted by atomic mass is 16.2. The lowest BCUT2D eigenvalue weighted by molar-refractivity contribution is -0.120. The third-order valence-corrected chi connectivity index (χ3v) is 2.77. The molecule has 0 unspecified atom stereocenters. The smallest absolute Gasteiger partial charge is 0.322 e. The zero-order valence-corrected chi connectivity index (χ0v) is 10.7. The van der Waals surface area contributed by atoms with E-state index in [9.17, 15) is 9.59 Å². The maximum Gasteiger partial charge on any atom is 0.322 e. The molecule has 7 nitrogen and oxygen atoms in total. The number of aryl methyl sites for hydroxylation is 1. The van der Waals surface area contributed by atoms with Gasteiger partial charge in [0.1, 0.15) is 18.2 Å². The Morgan fingerprint density at radius 1 is 1.39 bits per heavy atom. The summed E-state index contributed by atoms with van der Waals surface area (Å²) in [6.07, 6.45) is 2.62. The van der Waals surface area contributed by atoms with Gasteiger partial charge in [0.15, 0.2) is 0 Å². The first-order chi connectivity index (χ1) is 8.38. The van der Waals surface area contributed by atoms with Crippen molar-refractivity contribution in [1.29, 1.82) is 0 Å². The number of nitrogens with one attached hydrogen (secondary N) is 2. The maximum absolute atomic E-state index is 11.4.